The van der Waals surface area contributed by atoms with E-state index in [1.54, 1.807) is 49.6 Å². The number of carboxylic acids is 1. The lowest BCUT2D eigenvalue weighted by Gasteiger charge is -2.09. The molecule has 0 amide bonds. The van der Waals surface area contributed by atoms with Crippen molar-refractivity contribution in [2.75, 3.05) is 20.3 Å². The Labute approximate surface area is 151 Å². The Morgan fingerprint density at radius 1 is 1.04 bits per heavy atom. The van der Waals surface area contributed by atoms with Gasteiger partial charge < -0.3 is 19.3 Å². The van der Waals surface area contributed by atoms with Crippen LogP contribution in [0.1, 0.15) is 22.8 Å². The van der Waals surface area contributed by atoms with Gasteiger partial charge in [-0.25, -0.2) is 4.79 Å². The average Bonchev–Trinajstić information content (AvgIpc) is 2.65. The fraction of sp³-hybridized carbons (Fsp3) is 0.200. The third kappa shape index (κ3) is 5.37. The van der Waals surface area contributed by atoms with E-state index in [4.69, 9.17) is 19.3 Å². The summed E-state index contributed by atoms with van der Waals surface area (Å²) < 4.78 is 15.8. The molecule has 0 bridgehead atoms. The molecular weight excluding hydrogens is 336 g/mol. The molecule has 0 spiro atoms. The maximum Gasteiger partial charge on any atom is 0.341 e. The van der Waals surface area contributed by atoms with Crippen molar-refractivity contribution < 1.29 is 28.9 Å². The van der Waals surface area contributed by atoms with E-state index >= 15 is 0 Å². The highest BCUT2D eigenvalue weighted by molar-refractivity contribution is 6.06. The van der Waals surface area contributed by atoms with Gasteiger partial charge in [-0.2, -0.15) is 0 Å². The zero-order valence-corrected chi connectivity index (χ0v) is 14.6. The molecule has 1 N–H and O–H groups in total. The molecule has 0 saturated carbocycles. The van der Waals surface area contributed by atoms with Gasteiger partial charge in [-0.1, -0.05) is 12.1 Å². The minimum atomic E-state index is -1.06. The molecule has 0 fully saturated rings. The zero-order chi connectivity index (χ0) is 18.9. The minimum absolute atomic E-state index is 0.178. The standard InChI is InChI=1S/C20H20O6/c1-3-25-18-11-5-14(12-19(18)24-2)4-10-17(21)15-6-8-16(9-7-15)26-13-20(22)23/h4-12H,3,13H2,1-2H3,(H,22,23)/b10-4+. The third-order valence-corrected chi connectivity index (χ3v) is 3.42. The van der Waals surface area contributed by atoms with Crippen molar-refractivity contribution in [3.63, 3.8) is 0 Å². The number of hydrogen-bond acceptors (Lipinski definition) is 5. The Bertz CT molecular complexity index is 792. The molecule has 0 atom stereocenters. The van der Waals surface area contributed by atoms with Crippen LogP contribution in [0.5, 0.6) is 17.2 Å². The summed E-state index contributed by atoms with van der Waals surface area (Å²) in [6, 6.07) is 11.7. The molecule has 2 rings (SSSR count). The molecule has 6 nitrogen and oxygen atoms in total. The van der Waals surface area contributed by atoms with Crippen LogP contribution in [0.25, 0.3) is 6.08 Å². The topological polar surface area (TPSA) is 82.1 Å². The van der Waals surface area contributed by atoms with Gasteiger partial charge >= 0.3 is 5.97 Å². The van der Waals surface area contributed by atoms with E-state index in [2.05, 4.69) is 0 Å². The molecule has 2 aromatic rings. The highest BCUT2D eigenvalue weighted by Gasteiger charge is 2.06. The van der Waals surface area contributed by atoms with Crippen molar-refractivity contribution in [3.05, 3.63) is 59.7 Å². The molecule has 0 aliphatic heterocycles. The normalized spacial score (nSPS) is 10.5. The van der Waals surface area contributed by atoms with Crippen LogP contribution >= 0.6 is 0 Å². The predicted molar refractivity (Wildman–Crippen MR) is 97.1 cm³/mol. The molecule has 0 unspecified atom stereocenters. The molecule has 136 valence electrons. The second-order valence-electron chi connectivity index (χ2n) is 5.25. The number of ether oxygens (including phenoxy) is 3. The molecule has 0 aromatic heterocycles. The molecular formula is C20H20O6. The second kappa shape index (κ2) is 9.27. The Morgan fingerprint density at radius 3 is 2.38 bits per heavy atom. The van der Waals surface area contributed by atoms with Crippen LogP contribution in [0.2, 0.25) is 0 Å². The van der Waals surface area contributed by atoms with Crippen molar-refractivity contribution in [2.24, 2.45) is 0 Å². The maximum atomic E-state index is 12.2. The summed E-state index contributed by atoms with van der Waals surface area (Å²) in [7, 11) is 1.56. The smallest absolute Gasteiger partial charge is 0.341 e. The van der Waals surface area contributed by atoms with E-state index in [-0.39, 0.29) is 5.78 Å². The second-order valence-corrected chi connectivity index (χ2v) is 5.25. The largest absolute Gasteiger partial charge is 0.493 e. The van der Waals surface area contributed by atoms with Crippen LogP contribution in [-0.4, -0.2) is 37.2 Å². The molecule has 0 saturated heterocycles. The van der Waals surface area contributed by atoms with Crippen LogP contribution in [0, 0.1) is 0 Å². The monoisotopic (exact) mass is 356 g/mol. The van der Waals surface area contributed by atoms with Gasteiger partial charge in [0.1, 0.15) is 5.75 Å². The van der Waals surface area contributed by atoms with E-state index in [1.807, 2.05) is 13.0 Å². The molecule has 0 radical (unpaired) electrons. The number of ketones is 1. The Morgan fingerprint density at radius 2 is 1.77 bits per heavy atom. The van der Waals surface area contributed by atoms with E-state index in [0.29, 0.717) is 29.4 Å². The molecule has 0 aliphatic carbocycles. The SMILES string of the molecule is CCOc1ccc(/C=C/C(=O)c2ccc(OCC(=O)O)cc2)cc1OC. The zero-order valence-electron chi connectivity index (χ0n) is 14.6. The fourth-order valence-corrected chi connectivity index (χ4v) is 2.19. The lowest BCUT2D eigenvalue weighted by molar-refractivity contribution is -0.139. The summed E-state index contributed by atoms with van der Waals surface area (Å²) in [5, 5.41) is 8.58. The van der Waals surface area contributed by atoms with Gasteiger partial charge in [-0.3, -0.25) is 4.79 Å². The summed E-state index contributed by atoms with van der Waals surface area (Å²) in [5.74, 6) is 0.405. The minimum Gasteiger partial charge on any atom is -0.493 e. The molecule has 26 heavy (non-hydrogen) atoms. The lowest BCUT2D eigenvalue weighted by Crippen LogP contribution is -2.09. The summed E-state index contributed by atoms with van der Waals surface area (Å²) in [5.41, 5.74) is 1.28. The summed E-state index contributed by atoms with van der Waals surface area (Å²) in [4.78, 5) is 22.7. The van der Waals surface area contributed by atoms with Gasteiger partial charge in [0.2, 0.25) is 0 Å². The van der Waals surface area contributed by atoms with Crippen LogP contribution in [0.4, 0.5) is 0 Å². The van der Waals surface area contributed by atoms with Gasteiger partial charge in [-0.15, -0.1) is 0 Å². The first kappa shape index (κ1) is 19.1. The third-order valence-electron chi connectivity index (χ3n) is 3.42. The maximum absolute atomic E-state index is 12.2. The average molecular weight is 356 g/mol. The van der Waals surface area contributed by atoms with Crippen molar-refractivity contribution >= 4 is 17.8 Å². The van der Waals surface area contributed by atoms with Crippen molar-refractivity contribution in [2.45, 2.75) is 6.92 Å². The quantitative estimate of drug-likeness (QED) is 0.547. The molecule has 0 aliphatic rings. The predicted octanol–water partition coefficient (Wildman–Crippen LogP) is 3.45. The number of benzene rings is 2. The number of aliphatic carboxylic acids is 1. The van der Waals surface area contributed by atoms with E-state index < -0.39 is 12.6 Å². The van der Waals surface area contributed by atoms with Crippen LogP contribution in [0.3, 0.4) is 0 Å². The van der Waals surface area contributed by atoms with Crippen molar-refractivity contribution in [1.82, 2.24) is 0 Å². The highest BCUT2D eigenvalue weighted by Crippen LogP contribution is 2.28. The number of allylic oxidation sites excluding steroid dienone is 1. The molecule has 2 aromatic carbocycles. The summed E-state index contributed by atoms with van der Waals surface area (Å²) in [6.45, 7) is 2.01. The number of carboxylic acid groups (broad SMARTS) is 1. The fourth-order valence-electron chi connectivity index (χ4n) is 2.19. The van der Waals surface area contributed by atoms with Gasteiger partial charge in [0.25, 0.3) is 0 Å². The summed E-state index contributed by atoms with van der Waals surface area (Å²) >= 11 is 0. The summed E-state index contributed by atoms with van der Waals surface area (Å²) in [6.07, 6.45) is 3.15. The van der Waals surface area contributed by atoms with Crippen LogP contribution < -0.4 is 14.2 Å². The first-order chi connectivity index (χ1) is 12.5. The van der Waals surface area contributed by atoms with E-state index in [1.165, 1.54) is 6.08 Å². The van der Waals surface area contributed by atoms with Crippen molar-refractivity contribution in [3.8, 4) is 17.2 Å². The lowest BCUT2D eigenvalue weighted by atomic mass is 10.1. The molecule has 6 heteroatoms. The first-order valence-corrected chi connectivity index (χ1v) is 8.01. The number of methoxy groups -OCH3 is 1. The Kier molecular flexibility index (Phi) is 6.79. The van der Waals surface area contributed by atoms with Crippen LogP contribution in [0.15, 0.2) is 48.5 Å². The van der Waals surface area contributed by atoms with Crippen molar-refractivity contribution in [1.29, 1.82) is 0 Å². The number of carbonyl (C=O) groups excluding carboxylic acids is 1. The van der Waals surface area contributed by atoms with E-state index in [9.17, 15) is 9.59 Å². The number of hydrogen-bond donors (Lipinski definition) is 1. The Balaban J connectivity index is 2.05. The van der Waals surface area contributed by atoms with Gasteiger partial charge in [-0.05, 0) is 55.0 Å². The van der Waals surface area contributed by atoms with E-state index in [0.717, 1.165) is 5.56 Å². The highest BCUT2D eigenvalue weighted by atomic mass is 16.5. The number of carbonyl (C=O) groups is 2. The van der Waals surface area contributed by atoms with Gasteiger partial charge in [0.05, 0.1) is 13.7 Å². The van der Waals surface area contributed by atoms with Gasteiger partial charge in [0, 0.05) is 5.56 Å². The molecule has 0 heterocycles. The Hall–Kier alpha value is -3.28. The van der Waals surface area contributed by atoms with Crippen LogP contribution in [-0.2, 0) is 4.79 Å². The first-order valence-electron chi connectivity index (χ1n) is 8.01. The number of rotatable bonds is 9. The van der Waals surface area contributed by atoms with Gasteiger partial charge in [0.15, 0.2) is 23.9 Å².